The summed E-state index contributed by atoms with van der Waals surface area (Å²) in [5.41, 5.74) is 7.44. The number of hydrogen-bond acceptors (Lipinski definition) is 2. The Kier molecular flexibility index (Phi) is 5.34. The van der Waals surface area contributed by atoms with Crippen molar-refractivity contribution in [2.24, 2.45) is 17.6 Å². The van der Waals surface area contributed by atoms with E-state index in [1.165, 1.54) is 0 Å². The van der Waals surface area contributed by atoms with E-state index in [1.54, 1.807) is 0 Å². The topological polar surface area (TPSA) is 46.3 Å². The number of benzene rings is 1. The fourth-order valence-corrected chi connectivity index (χ4v) is 3.02. The lowest BCUT2D eigenvalue weighted by atomic mass is 9.86. The molecular weight excluding hydrogens is 280 g/mol. The van der Waals surface area contributed by atoms with Gasteiger partial charge in [0.1, 0.15) is 4.99 Å². The van der Waals surface area contributed by atoms with Gasteiger partial charge in [0, 0.05) is 18.7 Å². The van der Waals surface area contributed by atoms with Gasteiger partial charge in [-0.25, -0.2) is 0 Å². The molecule has 0 radical (unpaired) electrons. The Morgan fingerprint density at radius 3 is 2.33 bits per heavy atom. The number of thiocarbonyl (C=S) groups is 1. The van der Waals surface area contributed by atoms with Crippen LogP contribution in [0, 0.1) is 11.8 Å². The summed E-state index contributed by atoms with van der Waals surface area (Å²) in [7, 11) is 0. The Morgan fingerprint density at radius 2 is 1.86 bits per heavy atom. The summed E-state index contributed by atoms with van der Waals surface area (Å²) >= 11 is 4.93. The molecule has 0 aliphatic carbocycles. The average Bonchev–Trinajstić information content (AvgIpc) is 2.47. The van der Waals surface area contributed by atoms with Crippen molar-refractivity contribution in [2.75, 3.05) is 13.1 Å². The van der Waals surface area contributed by atoms with Crippen molar-refractivity contribution < 1.29 is 4.79 Å². The number of rotatable bonds is 4. The van der Waals surface area contributed by atoms with E-state index in [0.717, 1.165) is 48.9 Å². The number of hydrogen-bond donors (Lipinski definition) is 1. The number of likely N-dealkylation sites (tertiary alicyclic amines) is 1. The largest absolute Gasteiger partial charge is 0.389 e. The van der Waals surface area contributed by atoms with E-state index in [1.807, 2.05) is 29.2 Å². The second-order valence-electron chi connectivity index (χ2n) is 6.20. The quantitative estimate of drug-likeness (QED) is 0.870. The Labute approximate surface area is 132 Å². The molecular formula is C17H24N2OS. The van der Waals surface area contributed by atoms with Gasteiger partial charge in [-0.15, -0.1) is 0 Å². The first-order valence-electron chi connectivity index (χ1n) is 7.64. The van der Waals surface area contributed by atoms with Crippen LogP contribution < -0.4 is 5.73 Å². The highest BCUT2D eigenvalue weighted by molar-refractivity contribution is 7.80. The molecule has 1 aromatic carbocycles. The molecule has 1 aliphatic rings. The third kappa shape index (κ3) is 4.27. The molecule has 3 nitrogen and oxygen atoms in total. The maximum atomic E-state index is 12.3. The zero-order valence-electron chi connectivity index (χ0n) is 12.8. The molecule has 0 bridgehead atoms. The fraction of sp³-hybridized carbons (Fsp3) is 0.529. The van der Waals surface area contributed by atoms with Gasteiger partial charge in [0.2, 0.25) is 5.91 Å². The molecule has 2 rings (SSSR count). The number of carbonyl (C=O) groups excluding carboxylic acids is 1. The fourth-order valence-electron chi connectivity index (χ4n) is 2.89. The maximum Gasteiger partial charge on any atom is 0.226 e. The molecule has 1 saturated heterocycles. The van der Waals surface area contributed by atoms with Crippen LogP contribution in [-0.2, 0) is 11.2 Å². The predicted molar refractivity (Wildman–Crippen MR) is 90.2 cm³/mol. The molecule has 0 saturated carbocycles. The van der Waals surface area contributed by atoms with Crippen LogP contribution >= 0.6 is 12.2 Å². The van der Waals surface area contributed by atoms with E-state index in [0.29, 0.717) is 11.4 Å². The van der Waals surface area contributed by atoms with Crippen LogP contribution in [0.15, 0.2) is 24.3 Å². The van der Waals surface area contributed by atoms with Gasteiger partial charge in [-0.1, -0.05) is 50.3 Å². The average molecular weight is 304 g/mol. The standard InChI is InChI=1S/C17H24N2OS/c1-12(2)14-7-9-19(10-8-14)16(20)11-13-3-5-15(6-4-13)17(18)21/h3-6,12,14H,7-11H2,1-2H3,(H2,18,21). The highest BCUT2D eigenvalue weighted by atomic mass is 32.1. The molecule has 0 spiro atoms. The minimum Gasteiger partial charge on any atom is -0.389 e. The lowest BCUT2D eigenvalue weighted by molar-refractivity contribution is -0.132. The molecule has 0 atom stereocenters. The van der Waals surface area contributed by atoms with E-state index in [2.05, 4.69) is 13.8 Å². The third-order valence-electron chi connectivity index (χ3n) is 4.43. The molecule has 0 aromatic heterocycles. The number of nitrogens with zero attached hydrogens (tertiary/aromatic N) is 1. The molecule has 1 aromatic rings. The van der Waals surface area contributed by atoms with Crippen LogP contribution in [0.25, 0.3) is 0 Å². The van der Waals surface area contributed by atoms with Crippen molar-refractivity contribution in [1.29, 1.82) is 0 Å². The molecule has 1 fully saturated rings. The summed E-state index contributed by atoms with van der Waals surface area (Å²) in [5, 5.41) is 0. The van der Waals surface area contributed by atoms with Gasteiger partial charge in [-0.2, -0.15) is 0 Å². The van der Waals surface area contributed by atoms with E-state index in [4.69, 9.17) is 18.0 Å². The lowest BCUT2D eigenvalue weighted by Crippen LogP contribution is -2.40. The van der Waals surface area contributed by atoms with E-state index in [9.17, 15) is 4.79 Å². The second kappa shape index (κ2) is 7.03. The summed E-state index contributed by atoms with van der Waals surface area (Å²) in [6.45, 7) is 6.33. The van der Waals surface area contributed by atoms with Gasteiger partial charge in [0.15, 0.2) is 0 Å². The van der Waals surface area contributed by atoms with Crippen LogP contribution in [0.4, 0.5) is 0 Å². The Bertz CT molecular complexity index is 502. The summed E-state index contributed by atoms with van der Waals surface area (Å²) < 4.78 is 0. The van der Waals surface area contributed by atoms with Gasteiger partial charge in [0.05, 0.1) is 6.42 Å². The van der Waals surface area contributed by atoms with Gasteiger partial charge < -0.3 is 10.6 Å². The van der Waals surface area contributed by atoms with E-state index >= 15 is 0 Å². The normalized spacial score (nSPS) is 16.2. The minimum absolute atomic E-state index is 0.222. The molecule has 1 amide bonds. The molecule has 21 heavy (non-hydrogen) atoms. The van der Waals surface area contributed by atoms with E-state index < -0.39 is 0 Å². The molecule has 2 N–H and O–H groups in total. The minimum atomic E-state index is 0.222. The van der Waals surface area contributed by atoms with E-state index in [-0.39, 0.29) is 5.91 Å². The van der Waals surface area contributed by atoms with Crippen molar-refractivity contribution in [3.8, 4) is 0 Å². The van der Waals surface area contributed by atoms with Gasteiger partial charge in [-0.3, -0.25) is 4.79 Å². The SMILES string of the molecule is CC(C)C1CCN(C(=O)Cc2ccc(C(N)=S)cc2)CC1. The summed E-state index contributed by atoms with van der Waals surface area (Å²) in [6.07, 6.45) is 2.72. The van der Waals surface area contributed by atoms with Crippen LogP contribution in [0.2, 0.25) is 0 Å². The zero-order chi connectivity index (χ0) is 15.4. The maximum absolute atomic E-state index is 12.3. The number of piperidine rings is 1. The van der Waals surface area contributed by atoms with Gasteiger partial charge >= 0.3 is 0 Å². The predicted octanol–water partition coefficient (Wildman–Crippen LogP) is 2.76. The Balaban J connectivity index is 1.89. The Morgan fingerprint density at radius 1 is 1.29 bits per heavy atom. The lowest BCUT2D eigenvalue weighted by Gasteiger charge is -2.34. The summed E-state index contributed by atoms with van der Waals surface area (Å²) in [6, 6.07) is 7.65. The molecule has 1 heterocycles. The zero-order valence-corrected chi connectivity index (χ0v) is 13.7. The van der Waals surface area contributed by atoms with Crippen LogP contribution in [-0.4, -0.2) is 28.9 Å². The molecule has 1 aliphatic heterocycles. The number of carbonyl (C=O) groups is 1. The number of amides is 1. The van der Waals surface area contributed by atoms with Crippen molar-refractivity contribution in [2.45, 2.75) is 33.1 Å². The molecule has 0 unspecified atom stereocenters. The smallest absolute Gasteiger partial charge is 0.226 e. The first-order chi connectivity index (χ1) is 9.97. The van der Waals surface area contributed by atoms with Crippen molar-refractivity contribution in [3.05, 3.63) is 35.4 Å². The molecule has 114 valence electrons. The number of nitrogens with two attached hydrogens (primary N) is 1. The van der Waals surface area contributed by atoms with Crippen molar-refractivity contribution >= 4 is 23.1 Å². The second-order valence-corrected chi connectivity index (χ2v) is 6.64. The van der Waals surface area contributed by atoms with Crippen molar-refractivity contribution in [3.63, 3.8) is 0 Å². The van der Waals surface area contributed by atoms with Crippen molar-refractivity contribution in [1.82, 2.24) is 4.90 Å². The van der Waals surface area contributed by atoms with Crippen LogP contribution in [0.3, 0.4) is 0 Å². The highest BCUT2D eigenvalue weighted by Crippen LogP contribution is 2.24. The third-order valence-corrected chi connectivity index (χ3v) is 4.66. The monoisotopic (exact) mass is 304 g/mol. The van der Waals surface area contributed by atoms with Gasteiger partial charge in [0.25, 0.3) is 0 Å². The Hall–Kier alpha value is -1.42. The first kappa shape index (κ1) is 16.0. The molecule has 4 heteroatoms. The van der Waals surface area contributed by atoms with Crippen LogP contribution in [0.5, 0.6) is 0 Å². The van der Waals surface area contributed by atoms with Crippen LogP contribution in [0.1, 0.15) is 37.8 Å². The van der Waals surface area contributed by atoms with Gasteiger partial charge in [-0.05, 0) is 30.2 Å². The first-order valence-corrected chi connectivity index (χ1v) is 8.04. The summed E-state index contributed by atoms with van der Waals surface area (Å²) in [5.74, 6) is 1.70. The highest BCUT2D eigenvalue weighted by Gasteiger charge is 2.24. The summed E-state index contributed by atoms with van der Waals surface area (Å²) in [4.78, 5) is 14.7.